The quantitative estimate of drug-likeness (QED) is 0.542. The van der Waals surface area contributed by atoms with Crippen LogP contribution in [0.1, 0.15) is 35.2 Å². The number of benzene rings is 3. The summed E-state index contributed by atoms with van der Waals surface area (Å²) >= 11 is 0. The summed E-state index contributed by atoms with van der Waals surface area (Å²) in [5.41, 5.74) is 3.88. The molecule has 154 valence electrons. The molecule has 0 aromatic heterocycles. The lowest BCUT2D eigenvalue weighted by Crippen LogP contribution is -2.35. The summed E-state index contributed by atoms with van der Waals surface area (Å²) in [5, 5.41) is 0. The van der Waals surface area contributed by atoms with Crippen molar-refractivity contribution in [2.75, 3.05) is 20.2 Å². The zero-order valence-corrected chi connectivity index (χ0v) is 17.3. The molecule has 0 N–H and O–H groups in total. The van der Waals surface area contributed by atoms with E-state index in [1.54, 1.807) is 7.11 Å². The second-order valence-electron chi connectivity index (χ2n) is 7.56. The molecule has 1 fully saturated rings. The second kappa shape index (κ2) is 9.49. The molecule has 0 saturated carbocycles. The molecular weight excluding hydrogens is 374 g/mol. The molecule has 3 aromatic carbocycles. The van der Waals surface area contributed by atoms with Crippen LogP contribution in [-0.2, 0) is 6.61 Å². The Balaban J connectivity index is 1.46. The van der Waals surface area contributed by atoms with Crippen LogP contribution in [0.2, 0.25) is 0 Å². The number of hydrogen-bond donors (Lipinski definition) is 0. The Hall–Kier alpha value is -3.27. The molecule has 1 heterocycles. The van der Waals surface area contributed by atoms with E-state index in [0.717, 1.165) is 48.6 Å². The molecule has 0 radical (unpaired) electrons. The Bertz CT molecular complexity index is 977. The summed E-state index contributed by atoms with van der Waals surface area (Å²) in [4.78, 5) is 14.8. The van der Waals surface area contributed by atoms with E-state index in [4.69, 9.17) is 9.47 Å². The van der Waals surface area contributed by atoms with Crippen molar-refractivity contribution in [1.82, 2.24) is 4.90 Å². The van der Waals surface area contributed by atoms with E-state index in [9.17, 15) is 4.79 Å². The Morgan fingerprint density at radius 2 is 1.57 bits per heavy atom. The summed E-state index contributed by atoms with van der Waals surface area (Å²) in [6.07, 6.45) is 3.36. The van der Waals surface area contributed by atoms with Crippen molar-refractivity contribution in [2.24, 2.45) is 0 Å². The summed E-state index contributed by atoms with van der Waals surface area (Å²) < 4.78 is 11.5. The smallest absolute Gasteiger partial charge is 0.253 e. The molecule has 0 unspecified atom stereocenters. The lowest BCUT2D eigenvalue weighted by molar-refractivity contribution is 0.0724. The molecule has 1 amide bonds. The molecule has 3 aromatic rings. The Morgan fingerprint density at radius 1 is 0.867 bits per heavy atom. The van der Waals surface area contributed by atoms with Crippen LogP contribution >= 0.6 is 0 Å². The average Bonchev–Trinajstić information content (AvgIpc) is 2.83. The van der Waals surface area contributed by atoms with Crippen LogP contribution < -0.4 is 9.47 Å². The summed E-state index contributed by atoms with van der Waals surface area (Å²) in [7, 11) is 1.64. The number of likely N-dealkylation sites (tertiary alicyclic amines) is 1. The average molecular weight is 402 g/mol. The molecule has 0 spiro atoms. The van der Waals surface area contributed by atoms with Gasteiger partial charge in [-0.25, -0.2) is 0 Å². The van der Waals surface area contributed by atoms with Gasteiger partial charge in [0, 0.05) is 24.2 Å². The minimum absolute atomic E-state index is 0.0887. The van der Waals surface area contributed by atoms with E-state index >= 15 is 0 Å². The fourth-order valence-corrected chi connectivity index (χ4v) is 3.84. The lowest BCUT2D eigenvalue weighted by Gasteiger charge is -2.27. The highest BCUT2D eigenvalue weighted by Crippen LogP contribution is 2.26. The van der Waals surface area contributed by atoms with Gasteiger partial charge >= 0.3 is 0 Å². The normalized spacial score (nSPS) is 13.7. The van der Waals surface area contributed by atoms with Crippen LogP contribution in [0.15, 0.2) is 72.8 Å². The molecule has 0 aliphatic carbocycles. The predicted octanol–water partition coefficient (Wildman–Crippen LogP) is 5.57. The SMILES string of the molecule is COc1ccc(C(=O)N2CCCCC2)cc1COc1ccc(-c2ccccc2)cc1. The molecule has 4 heteroatoms. The summed E-state index contributed by atoms with van der Waals surface area (Å²) in [5.74, 6) is 1.60. The highest BCUT2D eigenvalue weighted by atomic mass is 16.5. The fourth-order valence-electron chi connectivity index (χ4n) is 3.84. The predicted molar refractivity (Wildman–Crippen MR) is 119 cm³/mol. The highest BCUT2D eigenvalue weighted by molar-refractivity contribution is 5.94. The fraction of sp³-hybridized carbons (Fsp3) is 0.269. The minimum Gasteiger partial charge on any atom is -0.496 e. The molecule has 0 bridgehead atoms. The molecule has 4 rings (SSSR count). The Labute approximate surface area is 178 Å². The molecule has 1 aliphatic heterocycles. The summed E-state index contributed by atoms with van der Waals surface area (Å²) in [6, 6.07) is 23.9. The lowest BCUT2D eigenvalue weighted by atomic mass is 10.1. The number of hydrogen-bond acceptors (Lipinski definition) is 3. The van der Waals surface area contributed by atoms with Crippen molar-refractivity contribution in [2.45, 2.75) is 25.9 Å². The number of amides is 1. The number of methoxy groups -OCH3 is 1. The van der Waals surface area contributed by atoms with Crippen LogP contribution in [0.3, 0.4) is 0 Å². The van der Waals surface area contributed by atoms with Crippen LogP contribution in [0, 0.1) is 0 Å². The maximum atomic E-state index is 12.8. The second-order valence-corrected chi connectivity index (χ2v) is 7.56. The van der Waals surface area contributed by atoms with Gasteiger partial charge in [-0.2, -0.15) is 0 Å². The maximum Gasteiger partial charge on any atom is 0.253 e. The van der Waals surface area contributed by atoms with E-state index in [-0.39, 0.29) is 5.91 Å². The molecular formula is C26H27NO3. The van der Waals surface area contributed by atoms with Gasteiger partial charge in [-0.05, 0) is 60.7 Å². The molecule has 1 saturated heterocycles. The van der Waals surface area contributed by atoms with Gasteiger partial charge in [0.05, 0.1) is 7.11 Å². The van der Waals surface area contributed by atoms with Gasteiger partial charge in [0.15, 0.2) is 0 Å². The van der Waals surface area contributed by atoms with E-state index in [1.807, 2.05) is 53.4 Å². The van der Waals surface area contributed by atoms with Gasteiger partial charge in [0.2, 0.25) is 0 Å². The zero-order chi connectivity index (χ0) is 20.8. The van der Waals surface area contributed by atoms with Gasteiger partial charge in [0.1, 0.15) is 18.1 Å². The van der Waals surface area contributed by atoms with E-state index in [2.05, 4.69) is 24.3 Å². The highest BCUT2D eigenvalue weighted by Gasteiger charge is 2.19. The first-order valence-electron chi connectivity index (χ1n) is 10.5. The third-order valence-electron chi connectivity index (χ3n) is 5.53. The van der Waals surface area contributed by atoms with Crippen LogP contribution in [-0.4, -0.2) is 31.0 Å². The number of carbonyl (C=O) groups excluding carboxylic acids is 1. The van der Waals surface area contributed by atoms with Crippen molar-refractivity contribution in [3.8, 4) is 22.6 Å². The van der Waals surface area contributed by atoms with Gasteiger partial charge in [-0.3, -0.25) is 4.79 Å². The Kier molecular flexibility index (Phi) is 6.33. The third kappa shape index (κ3) is 4.65. The number of carbonyl (C=O) groups is 1. The van der Waals surface area contributed by atoms with Gasteiger partial charge in [0.25, 0.3) is 5.91 Å². The van der Waals surface area contributed by atoms with Gasteiger partial charge in [-0.15, -0.1) is 0 Å². The monoisotopic (exact) mass is 401 g/mol. The molecule has 1 aliphatic rings. The topological polar surface area (TPSA) is 38.8 Å². The number of nitrogens with zero attached hydrogens (tertiary/aromatic N) is 1. The first-order chi connectivity index (χ1) is 14.7. The molecule has 4 nitrogen and oxygen atoms in total. The maximum absolute atomic E-state index is 12.8. The molecule has 0 atom stereocenters. The van der Waals surface area contributed by atoms with E-state index in [0.29, 0.717) is 12.2 Å². The standard InChI is InChI=1S/C26H27NO3/c1-29-25-15-12-22(26(28)27-16-6-3-7-17-27)18-23(25)19-30-24-13-10-21(11-14-24)20-8-4-2-5-9-20/h2,4-5,8-15,18H,3,6-7,16-17,19H2,1H3. The van der Waals surface area contributed by atoms with Crippen molar-refractivity contribution in [3.63, 3.8) is 0 Å². The van der Waals surface area contributed by atoms with Crippen molar-refractivity contribution < 1.29 is 14.3 Å². The van der Waals surface area contributed by atoms with Crippen molar-refractivity contribution in [3.05, 3.63) is 83.9 Å². The van der Waals surface area contributed by atoms with Crippen LogP contribution in [0.5, 0.6) is 11.5 Å². The summed E-state index contributed by atoms with van der Waals surface area (Å²) in [6.45, 7) is 2.02. The zero-order valence-electron chi connectivity index (χ0n) is 17.3. The van der Waals surface area contributed by atoms with Crippen molar-refractivity contribution in [1.29, 1.82) is 0 Å². The largest absolute Gasteiger partial charge is 0.496 e. The number of ether oxygens (including phenoxy) is 2. The Morgan fingerprint density at radius 3 is 2.27 bits per heavy atom. The number of rotatable bonds is 6. The first kappa shape index (κ1) is 20.0. The van der Waals surface area contributed by atoms with Gasteiger partial charge < -0.3 is 14.4 Å². The van der Waals surface area contributed by atoms with E-state index < -0.39 is 0 Å². The van der Waals surface area contributed by atoms with Crippen LogP contribution in [0.4, 0.5) is 0 Å². The molecule has 30 heavy (non-hydrogen) atoms. The third-order valence-corrected chi connectivity index (χ3v) is 5.53. The van der Waals surface area contributed by atoms with E-state index in [1.165, 1.54) is 12.0 Å². The number of piperidine rings is 1. The van der Waals surface area contributed by atoms with Crippen molar-refractivity contribution >= 4 is 5.91 Å². The minimum atomic E-state index is 0.0887. The van der Waals surface area contributed by atoms with Gasteiger partial charge in [-0.1, -0.05) is 42.5 Å². The van der Waals surface area contributed by atoms with Crippen LogP contribution in [0.25, 0.3) is 11.1 Å². The first-order valence-corrected chi connectivity index (χ1v) is 10.5.